The van der Waals surface area contributed by atoms with Gasteiger partial charge in [-0.2, -0.15) is 0 Å². The quantitative estimate of drug-likeness (QED) is 0.808. The van der Waals surface area contributed by atoms with E-state index in [1.54, 1.807) is 12.1 Å². The number of benzene rings is 2. The Morgan fingerprint density at radius 3 is 2.80 bits per heavy atom. The van der Waals surface area contributed by atoms with Crippen LogP contribution in [0.1, 0.15) is 5.56 Å². The first kappa shape index (κ1) is 10.1. The van der Waals surface area contributed by atoms with Crippen molar-refractivity contribution in [1.82, 2.24) is 5.32 Å². The molecule has 2 aromatic carbocycles. The second-order valence-corrected chi connectivity index (χ2v) is 3.64. The van der Waals surface area contributed by atoms with Crippen LogP contribution in [0.4, 0.5) is 4.39 Å². The maximum Gasteiger partial charge on any atom is 0.124 e. The lowest BCUT2D eigenvalue weighted by Crippen LogP contribution is -2.10. The normalized spacial score (nSPS) is 10.8. The van der Waals surface area contributed by atoms with Gasteiger partial charge in [-0.05, 0) is 48.5 Å². The summed E-state index contributed by atoms with van der Waals surface area (Å²) in [6.07, 6.45) is 0.856. The highest BCUT2D eigenvalue weighted by molar-refractivity contribution is 5.85. The fraction of sp³-hybridized carbons (Fsp3) is 0.231. The van der Waals surface area contributed by atoms with E-state index in [0.717, 1.165) is 29.3 Å². The third kappa shape index (κ3) is 2.16. The van der Waals surface area contributed by atoms with Gasteiger partial charge in [0.2, 0.25) is 0 Å². The van der Waals surface area contributed by atoms with Crippen molar-refractivity contribution in [3.63, 3.8) is 0 Å². The molecular weight excluding hydrogens is 189 g/mol. The summed E-state index contributed by atoms with van der Waals surface area (Å²) >= 11 is 0. The number of nitrogens with one attached hydrogen (secondary N) is 1. The van der Waals surface area contributed by atoms with Crippen LogP contribution in [-0.2, 0) is 6.42 Å². The molecular formula is C13H14FN. The van der Waals surface area contributed by atoms with Gasteiger partial charge in [-0.1, -0.05) is 24.3 Å². The van der Waals surface area contributed by atoms with Crippen LogP contribution in [0, 0.1) is 5.82 Å². The van der Waals surface area contributed by atoms with E-state index in [4.69, 9.17) is 0 Å². The van der Waals surface area contributed by atoms with E-state index in [0.29, 0.717) is 0 Å². The van der Waals surface area contributed by atoms with Crippen LogP contribution >= 0.6 is 0 Å². The molecule has 0 amide bonds. The van der Waals surface area contributed by atoms with Crippen molar-refractivity contribution in [3.8, 4) is 0 Å². The molecule has 0 heterocycles. The molecule has 0 aliphatic carbocycles. The van der Waals surface area contributed by atoms with Crippen LogP contribution < -0.4 is 5.32 Å². The molecule has 2 heteroatoms. The molecule has 0 spiro atoms. The van der Waals surface area contributed by atoms with Crippen LogP contribution in [0.25, 0.3) is 10.8 Å². The molecule has 0 aliphatic heterocycles. The van der Waals surface area contributed by atoms with Gasteiger partial charge < -0.3 is 5.32 Å². The number of rotatable bonds is 3. The van der Waals surface area contributed by atoms with Crippen molar-refractivity contribution >= 4 is 10.8 Å². The predicted octanol–water partition coefficient (Wildman–Crippen LogP) is 2.74. The molecule has 0 fully saturated rings. The Kier molecular flexibility index (Phi) is 2.97. The first-order valence-corrected chi connectivity index (χ1v) is 5.13. The highest BCUT2D eigenvalue weighted by Crippen LogP contribution is 2.20. The molecule has 0 unspecified atom stereocenters. The average molecular weight is 203 g/mol. The van der Waals surface area contributed by atoms with Crippen molar-refractivity contribution in [2.24, 2.45) is 0 Å². The summed E-state index contributed by atoms with van der Waals surface area (Å²) in [5.74, 6) is -0.153. The Labute approximate surface area is 88.9 Å². The van der Waals surface area contributed by atoms with Gasteiger partial charge in [0, 0.05) is 0 Å². The van der Waals surface area contributed by atoms with E-state index in [9.17, 15) is 4.39 Å². The first-order valence-electron chi connectivity index (χ1n) is 5.13. The van der Waals surface area contributed by atoms with Crippen LogP contribution in [0.2, 0.25) is 0 Å². The monoisotopic (exact) mass is 203 g/mol. The molecule has 2 aromatic rings. The van der Waals surface area contributed by atoms with Crippen LogP contribution in [0.5, 0.6) is 0 Å². The molecule has 15 heavy (non-hydrogen) atoms. The Bertz CT molecular complexity index is 465. The van der Waals surface area contributed by atoms with Gasteiger partial charge in [0.15, 0.2) is 0 Å². The van der Waals surface area contributed by atoms with Crippen molar-refractivity contribution in [3.05, 3.63) is 47.8 Å². The Balaban J connectivity index is 2.50. The van der Waals surface area contributed by atoms with Crippen LogP contribution in [-0.4, -0.2) is 13.6 Å². The lowest BCUT2D eigenvalue weighted by atomic mass is 10.0. The van der Waals surface area contributed by atoms with E-state index in [1.165, 1.54) is 0 Å². The summed E-state index contributed by atoms with van der Waals surface area (Å²) in [5, 5.41) is 5.20. The zero-order valence-electron chi connectivity index (χ0n) is 8.76. The molecule has 0 atom stereocenters. The smallest absolute Gasteiger partial charge is 0.124 e. The number of halogens is 1. The Morgan fingerprint density at radius 1 is 1.20 bits per heavy atom. The standard InChI is InChI=1S/C13H14FN/c1-15-7-6-11-9-12(14)8-10-4-2-3-5-13(10)11/h2-5,8-9,15H,6-7H2,1H3. The molecule has 78 valence electrons. The molecule has 0 saturated heterocycles. The average Bonchev–Trinajstić information content (AvgIpc) is 2.25. The van der Waals surface area contributed by atoms with Crippen molar-refractivity contribution in [2.75, 3.05) is 13.6 Å². The molecule has 2 rings (SSSR count). The summed E-state index contributed by atoms with van der Waals surface area (Å²) in [5.41, 5.74) is 1.07. The third-order valence-electron chi connectivity index (χ3n) is 2.56. The molecule has 0 saturated carbocycles. The largest absolute Gasteiger partial charge is 0.319 e. The maximum absolute atomic E-state index is 13.3. The highest BCUT2D eigenvalue weighted by Gasteiger charge is 2.02. The maximum atomic E-state index is 13.3. The van der Waals surface area contributed by atoms with E-state index < -0.39 is 0 Å². The van der Waals surface area contributed by atoms with Gasteiger partial charge in [-0.3, -0.25) is 0 Å². The van der Waals surface area contributed by atoms with Crippen molar-refractivity contribution < 1.29 is 4.39 Å². The van der Waals surface area contributed by atoms with Crippen molar-refractivity contribution in [2.45, 2.75) is 6.42 Å². The lowest BCUT2D eigenvalue weighted by molar-refractivity contribution is 0.627. The van der Waals surface area contributed by atoms with Gasteiger partial charge in [-0.25, -0.2) is 4.39 Å². The van der Waals surface area contributed by atoms with Crippen LogP contribution in [0.3, 0.4) is 0 Å². The topological polar surface area (TPSA) is 12.0 Å². The molecule has 0 radical (unpaired) electrons. The third-order valence-corrected chi connectivity index (χ3v) is 2.56. The van der Waals surface area contributed by atoms with Gasteiger partial charge in [0.1, 0.15) is 5.82 Å². The summed E-state index contributed by atoms with van der Waals surface area (Å²) in [7, 11) is 1.90. The van der Waals surface area contributed by atoms with E-state index in [-0.39, 0.29) is 5.82 Å². The number of hydrogen-bond donors (Lipinski definition) is 1. The minimum absolute atomic E-state index is 0.153. The van der Waals surface area contributed by atoms with Crippen molar-refractivity contribution in [1.29, 1.82) is 0 Å². The Morgan fingerprint density at radius 2 is 2.00 bits per heavy atom. The summed E-state index contributed by atoms with van der Waals surface area (Å²) in [4.78, 5) is 0. The van der Waals surface area contributed by atoms with Gasteiger partial charge in [0.05, 0.1) is 0 Å². The van der Waals surface area contributed by atoms with Gasteiger partial charge in [-0.15, -0.1) is 0 Å². The summed E-state index contributed by atoms with van der Waals surface area (Å²) < 4.78 is 13.3. The Hall–Kier alpha value is -1.41. The predicted molar refractivity (Wildman–Crippen MR) is 61.5 cm³/mol. The lowest BCUT2D eigenvalue weighted by Gasteiger charge is -2.06. The van der Waals surface area contributed by atoms with E-state index in [1.807, 2.05) is 31.3 Å². The summed E-state index contributed by atoms with van der Waals surface area (Å²) in [6.45, 7) is 0.868. The minimum Gasteiger partial charge on any atom is -0.319 e. The molecule has 1 nitrogen and oxygen atoms in total. The number of likely N-dealkylation sites (N-methyl/N-ethyl adjacent to an activating group) is 1. The first-order chi connectivity index (χ1) is 7.31. The number of hydrogen-bond acceptors (Lipinski definition) is 1. The number of fused-ring (bicyclic) bond motifs is 1. The van der Waals surface area contributed by atoms with E-state index in [2.05, 4.69) is 5.32 Å². The molecule has 0 bridgehead atoms. The fourth-order valence-corrected chi connectivity index (χ4v) is 1.82. The zero-order chi connectivity index (χ0) is 10.7. The molecule has 0 aromatic heterocycles. The van der Waals surface area contributed by atoms with Gasteiger partial charge in [0.25, 0.3) is 0 Å². The van der Waals surface area contributed by atoms with E-state index >= 15 is 0 Å². The fourth-order valence-electron chi connectivity index (χ4n) is 1.82. The minimum atomic E-state index is -0.153. The van der Waals surface area contributed by atoms with Gasteiger partial charge >= 0.3 is 0 Å². The second-order valence-electron chi connectivity index (χ2n) is 3.64. The molecule has 0 aliphatic rings. The zero-order valence-corrected chi connectivity index (χ0v) is 8.76. The molecule has 1 N–H and O–H groups in total. The highest BCUT2D eigenvalue weighted by atomic mass is 19.1. The summed E-state index contributed by atoms with van der Waals surface area (Å²) in [6, 6.07) is 11.1. The SMILES string of the molecule is CNCCc1cc(F)cc2ccccc12. The van der Waals surface area contributed by atoms with Crippen LogP contribution in [0.15, 0.2) is 36.4 Å². The second kappa shape index (κ2) is 4.41.